The van der Waals surface area contributed by atoms with Gasteiger partial charge in [-0.1, -0.05) is 17.7 Å². The molecule has 1 N–H and O–H groups in total. The van der Waals surface area contributed by atoms with Crippen molar-refractivity contribution in [1.82, 2.24) is 0 Å². The number of nitrogens with zero attached hydrogens (tertiary/aromatic N) is 1. The zero-order valence-electron chi connectivity index (χ0n) is 8.18. The molecule has 0 aliphatic carbocycles. The van der Waals surface area contributed by atoms with E-state index >= 15 is 0 Å². The molecule has 0 atom stereocenters. The molecule has 0 radical (unpaired) electrons. The second kappa shape index (κ2) is 5.79. The van der Waals surface area contributed by atoms with Crippen LogP contribution in [-0.2, 0) is 4.79 Å². The van der Waals surface area contributed by atoms with Crippen LogP contribution in [0.2, 0.25) is 5.02 Å². The van der Waals surface area contributed by atoms with Crippen molar-refractivity contribution in [2.75, 3.05) is 6.61 Å². The van der Waals surface area contributed by atoms with Crippen LogP contribution in [0.3, 0.4) is 0 Å². The van der Waals surface area contributed by atoms with Gasteiger partial charge in [-0.2, -0.15) is 5.26 Å². The first-order valence-corrected chi connectivity index (χ1v) is 4.72. The molecule has 0 aromatic heterocycles. The lowest BCUT2D eigenvalue weighted by atomic mass is 10.2. The molecule has 0 heterocycles. The molecule has 0 unspecified atom stereocenters. The highest BCUT2D eigenvalue weighted by Gasteiger charge is 2.05. The Morgan fingerprint density at radius 2 is 2.38 bits per heavy atom. The molecule has 0 aliphatic rings. The van der Waals surface area contributed by atoms with Gasteiger partial charge in [0.2, 0.25) is 0 Å². The molecule has 5 heteroatoms. The Morgan fingerprint density at radius 3 is 3.00 bits per heavy atom. The topological polar surface area (TPSA) is 70.3 Å². The Kier molecular flexibility index (Phi) is 4.37. The summed E-state index contributed by atoms with van der Waals surface area (Å²) in [6.07, 6.45) is 2.29. The van der Waals surface area contributed by atoms with E-state index in [4.69, 9.17) is 26.7 Å². The highest BCUT2D eigenvalue weighted by molar-refractivity contribution is 6.32. The van der Waals surface area contributed by atoms with E-state index in [2.05, 4.69) is 0 Å². The number of halogens is 1. The van der Waals surface area contributed by atoms with Gasteiger partial charge in [0.15, 0.2) is 6.61 Å². The number of rotatable bonds is 4. The van der Waals surface area contributed by atoms with Crippen molar-refractivity contribution in [3.05, 3.63) is 34.9 Å². The van der Waals surface area contributed by atoms with Crippen molar-refractivity contribution in [3.63, 3.8) is 0 Å². The van der Waals surface area contributed by atoms with Crippen LogP contribution >= 0.6 is 11.6 Å². The number of aliphatic carboxylic acids is 1. The first kappa shape index (κ1) is 12.1. The van der Waals surface area contributed by atoms with E-state index < -0.39 is 5.97 Å². The fraction of sp³-hybridized carbons (Fsp3) is 0.0909. The molecule has 82 valence electrons. The van der Waals surface area contributed by atoms with Gasteiger partial charge in [-0.25, -0.2) is 4.79 Å². The number of carboxylic acids is 1. The van der Waals surface area contributed by atoms with Gasteiger partial charge in [0.1, 0.15) is 11.8 Å². The largest absolute Gasteiger partial charge is 0.478 e. The average Bonchev–Trinajstić information content (AvgIpc) is 2.24. The van der Waals surface area contributed by atoms with Crippen molar-refractivity contribution in [1.29, 1.82) is 5.26 Å². The maximum absolute atomic E-state index is 10.4. The number of hydrogen-bond donors (Lipinski definition) is 1. The summed E-state index contributed by atoms with van der Waals surface area (Å²) < 4.78 is 5.11. The second-order valence-corrected chi connectivity index (χ2v) is 3.18. The highest BCUT2D eigenvalue weighted by atomic mass is 35.5. The Balaban J connectivity index is 3.04. The van der Waals surface area contributed by atoms with E-state index in [1.165, 1.54) is 6.08 Å². The quantitative estimate of drug-likeness (QED) is 0.816. The standard InChI is InChI=1S/C11H8ClNO3/c12-9-2-1-3-10(16-7-6-13)8(9)4-5-11(14)15/h1-5H,7H2,(H,14,15)/b5-4+. The molecule has 0 spiro atoms. The first-order valence-electron chi connectivity index (χ1n) is 4.34. The van der Waals surface area contributed by atoms with E-state index in [-0.39, 0.29) is 6.61 Å². The fourth-order valence-electron chi connectivity index (χ4n) is 1.07. The number of carboxylic acid groups (broad SMARTS) is 1. The molecule has 16 heavy (non-hydrogen) atoms. The van der Waals surface area contributed by atoms with E-state index in [0.717, 1.165) is 6.08 Å². The van der Waals surface area contributed by atoms with Gasteiger partial charge in [-0.05, 0) is 18.2 Å². The molecule has 0 aliphatic heterocycles. The minimum absolute atomic E-state index is 0.117. The lowest BCUT2D eigenvalue weighted by molar-refractivity contribution is -0.131. The maximum atomic E-state index is 10.4. The van der Waals surface area contributed by atoms with Gasteiger partial charge < -0.3 is 9.84 Å². The number of nitriles is 1. The molecule has 0 saturated carbocycles. The van der Waals surface area contributed by atoms with Crippen LogP contribution in [0.5, 0.6) is 5.75 Å². The predicted octanol–water partition coefficient (Wildman–Crippen LogP) is 2.34. The normalized spacial score (nSPS) is 10.0. The van der Waals surface area contributed by atoms with Gasteiger partial charge in [0, 0.05) is 11.6 Å². The zero-order chi connectivity index (χ0) is 12.0. The minimum Gasteiger partial charge on any atom is -0.478 e. The number of carbonyl (C=O) groups is 1. The van der Waals surface area contributed by atoms with Crippen molar-refractivity contribution in [2.24, 2.45) is 0 Å². The van der Waals surface area contributed by atoms with Gasteiger partial charge in [-0.3, -0.25) is 0 Å². The molecule has 1 aromatic rings. The summed E-state index contributed by atoms with van der Waals surface area (Å²) in [5.41, 5.74) is 0.446. The molecule has 0 saturated heterocycles. The summed E-state index contributed by atoms with van der Waals surface area (Å²) in [6.45, 7) is -0.117. The summed E-state index contributed by atoms with van der Waals surface area (Å²) >= 11 is 5.88. The molecular weight excluding hydrogens is 230 g/mol. The third-order valence-corrected chi connectivity index (χ3v) is 2.03. The third kappa shape index (κ3) is 3.30. The van der Waals surface area contributed by atoms with Crippen LogP contribution in [0.1, 0.15) is 5.56 Å². The number of ether oxygens (including phenoxy) is 1. The molecule has 1 aromatic carbocycles. The Bertz CT molecular complexity index is 463. The van der Waals surface area contributed by atoms with E-state index in [9.17, 15) is 4.79 Å². The van der Waals surface area contributed by atoms with Gasteiger partial charge >= 0.3 is 5.97 Å². The van der Waals surface area contributed by atoms with Crippen LogP contribution in [-0.4, -0.2) is 17.7 Å². The molecule has 1 rings (SSSR count). The maximum Gasteiger partial charge on any atom is 0.328 e. The number of benzene rings is 1. The van der Waals surface area contributed by atoms with Crippen LogP contribution in [0.4, 0.5) is 0 Å². The van der Waals surface area contributed by atoms with Crippen LogP contribution in [0.25, 0.3) is 6.08 Å². The van der Waals surface area contributed by atoms with E-state index in [1.807, 2.05) is 6.07 Å². The second-order valence-electron chi connectivity index (χ2n) is 2.77. The highest BCUT2D eigenvalue weighted by Crippen LogP contribution is 2.27. The fourth-order valence-corrected chi connectivity index (χ4v) is 1.30. The van der Waals surface area contributed by atoms with Gasteiger partial charge in [0.25, 0.3) is 0 Å². The monoisotopic (exact) mass is 237 g/mol. The summed E-state index contributed by atoms with van der Waals surface area (Å²) in [4.78, 5) is 10.4. The van der Waals surface area contributed by atoms with E-state index in [1.54, 1.807) is 18.2 Å². The van der Waals surface area contributed by atoms with Gasteiger partial charge in [0.05, 0.1) is 5.02 Å². The number of hydrogen-bond acceptors (Lipinski definition) is 3. The molecule has 0 amide bonds. The lowest BCUT2D eigenvalue weighted by Gasteiger charge is -2.06. The average molecular weight is 238 g/mol. The van der Waals surface area contributed by atoms with Gasteiger partial charge in [-0.15, -0.1) is 0 Å². The Labute approximate surface area is 97.3 Å². The van der Waals surface area contributed by atoms with Crippen molar-refractivity contribution < 1.29 is 14.6 Å². The van der Waals surface area contributed by atoms with Crippen LogP contribution in [0.15, 0.2) is 24.3 Å². The van der Waals surface area contributed by atoms with E-state index in [0.29, 0.717) is 16.3 Å². The van der Waals surface area contributed by atoms with Crippen molar-refractivity contribution >= 4 is 23.6 Å². The minimum atomic E-state index is -1.08. The molecule has 0 fully saturated rings. The molecular formula is C11H8ClNO3. The Hall–Kier alpha value is -1.99. The SMILES string of the molecule is N#CCOc1cccc(Cl)c1/C=C/C(=O)O. The van der Waals surface area contributed by atoms with Crippen LogP contribution < -0.4 is 4.74 Å². The Morgan fingerprint density at radius 1 is 1.62 bits per heavy atom. The zero-order valence-corrected chi connectivity index (χ0v) is 8.94. The first-order chi connectivity index (χ1) is 7.65. The van der Waals surface area contributed by atoms with Crippen LogP contribution in [0, 0.1) is 11.3 Å². The van der Waals surface area contributed by atoms with Crippen molar-refractivity contribution in [3.8, 4) is 11.8 Å². The summed E-state index contributed by atoms with van der Waals surface area (Å²) in [5.74, 6) is -0.697. The predicted molar refractivity (Wildman–Crippen MR) is 59.2 cm³/mol. The summed E-state index contributed by atoms with van der Waals surface area (Å²) in [5, 5.41) is 17.3. The molecule has 4 nitrogen and oxygen atoms in total. The third-order valence-electron chi connectivity index (χ3n) is 1.70. The molecule has 0 bridgehead atoms. The summed E-state index contributed by atoms with van der Waals surface area (Å²) in [7, 11) is 0. The lowest BCUT2D eigenvalue weighted by Crippen LogP contribution is -1.96. The van der Waals surface area contributed by atoms with Crippen molar-refractivity contribution in [2.45, 2.75) is 0 Å². The summed E-state index contributed by atoms with van der Waals surface area (Å²) in [6, 6.07) is 6.71. The smallest absolute Gasteiger partial charge is 0.328 e.